The first-order valence-electron chi connectivity index (χ1n) is 10.00. The van der Waals surface area contributed by atoms with Crippen molar-refractivity contribution in [2.24, 2.45) is 7.05 Å². The highest BCUT2D eigenvalue weighted by Crippen LogP contribution is 2.22. The van der Waals surface area contributed by atoms with Crippen LogP contribution in [0, 0.1) is 0 Å². The van der Waals surface area contributed by atoms with E-state index in [2.05, 4.69) is 20.3 Å². The number of rotatable bonds is 4. The first kappa shape index (κ1) is 20.8. The van der Waals surface area contributed by atoms with Gasteiger partial charge in [-0.15, -0.1) is 0 Å². The summed E-state index contributed by atoms with van der Waals surface area (Å²) in [5.41, 5.74) is 6.12. The molecule has 0 aliphatic carbocycles. The van der Waals surface area contributed by atoms with E-state index >= 15 is 0 Å². The van der Waals surface area contributed by atoms with E-state index in [1.54, 1.807) is 32.0 Å². The van der Waals surface area contributed by atoms with Gasteiger partial charge < -0.3 is 14.6 Å². The van der Waals surface area contributed by atoms with E-state index in [-0.39, 0.29) is 5.91 Å². The lowest BCUT2D eigenvalue weighted by atomic mass is 9.66. The molecule has 1 N–H and O–H groups in total. The third-order valence-electron chi connectivity index (χ3n) is 5.91. The van der Waals surface area contributed by atoms with Gasteiger partial charge >= 0.3 is 0 Å². The number of nitrogens with one attached hydrogen (secondary N) is 1. The number of methoxy groups -OCH3 is 1. The van der Waals surface area contributed by atoms with E-state index in [0.717, 1.165) is 49.8 Å². The fourth-order valence-electron chi connectivity index (χ4n) is 3.95. The van der Waals surface area contributed by atoms with Crippen molar-refractivity contribution in [3.63, 3.8) is 0 Å². The van der Waals surface area contributed by atoms with E-state index in [0.29, 0.717) is 11.4 Å². The second-order valence-corrected chi connectivity index (χ2v) is 7.74. The molecule has 3 heterocycles. The average Bonchev–Trinajstić information content (AvgIpc) is 3.18. The molecule has 1 aromatic carbocycles. The van der Waals surface area contributed by atoms with Crippen molar-refractivity contribution < 1.29 is 9.53 Å². The molecule has 0 unspecified atom stereocenters. The van der Waals surface area contributed by atoms with Crippen molar-refractivity contribution in [2.45, 2.75) is 0 Å². The Hall–Kier alpha value is -3.48. The zero-order chi connectivity index (χ0) is 22.3. The number of fused-ring (bicyclic) bond motifs is 1. The monoisotopic (exact) mass is 407 g/mol. The molecule has 31 heavy (non-hydrogen) atoms. The summed E-state index contributed by atoms with van der Waals surface area (Å²) in [7, 11) is 11.4. The maximum Gasteiger partial charge on any atom is 0.255 e. The number of aryl methyl sites for hydroxylation is 1. The first-order valence-corrected chi connectivity index (χ1v) is 10.00. The standard InChI is InChI=1S/C20H21B4N5O2/c1-29-8-25-7-12(29)11-3-9-4-13(27-6-10(9)5-26-11)28-20(30)14-15(21)17(23)19(31-2)18(24)16(14)22/h3-8H,21-24H2,1-2H3,(H,27,28,30). The fourth-order valence-corrected chi connectivity index (χ4v) is 3.95. The van der Waals surface area contributed by atoms with E-state index in [1.807, 2.05) is 55.1 Å². The van der Waals surface area contributed by atoms with Gasteiger partial charge in [-0.05, 0) is 17.5 Å². The number of benzene rings is 1. The number of imidazole rings is 1. The zero-order valence-corrected chi connectivity index (χ0v) is 18.6. The van der Waals surface area contributed by atoms with Gasteiger partial charge in [-0.3, -0.25) is 9.78 Å². The number of anilines is 1. The minimum absolute atomic E-state index is 0.184. The highest BCUT2D eigenvalue weighted by Gasteiger charge is 2.20. The quantitative estimate of drug-likeness (QED) is 0.353. The van der Waals surface area contributed by atoms with Crippen LogP contribution >= 0.6 is 0 Å². The third kappa shape index (κ3) is 3.60. The molecule has 0 atom stereocenters. The molecular weight excluding hydrogens is 386 g/mol. The van der Waals surface area contributed by atoms with E-state index in [1.165, 1.54) is 0 Å². The van der Waals surface area contributed by atoms with Crippen LogP contribution in [-0.4, -0.2) is 63.9 Å². The SMILES string of the molecule is Bc1c(B)c(C(=O)Nc2cc3cc(-c4cncn4C)ncc3cn2)c(B)c(B)c1OC. The van der Waals surface area contributed by atoms with E-state index < -0.39 is 0 Å². The summed E-state index contributed by atoms with van der Waals surface area (Å²) in [5.74, 6) is 1.13. The molecule has 3 aromatic heterocycles. The predicted octanol–water partition coefficient (Wildman–Crippen LogP) is -3.68. The number of hydrogen-bond donors (Lipinski definition) is 1. The normalized spacial score (nSPS) is 10.9. The summed E-state index contributed by atoms with van der Waals surface area (Å²) in [6.07, 6.45) is 7.01. The van der Waals surface area contributed by atoms with Crippen molar-refractivity contribution in [2.75, 3.05) is 12.4 Å². The van der Waals surface area contributed by atoms with Crippen molar-refractivity contribution >= 4 is 75.7 Å². The van der Waals surface area contributed by atoms with Crippen LogP contribution in [0.2, 0.25) is 0 Å². The molecule has 0 spiro atoms. The number of hydrogen-bond acceptors (Lipinski definition) is 5. The van der Waals surface area contributed by atoms with Crippen molar-refractivity contribution in [1.29, 1.82) is 0 Å². The van der Waals surface area contributed by atoms with Crippen LogP contribution in [0.4, 0.5) is 5.82 Å². The Morgan fingerprint density at radius 1 is 0.968 bits per heavy atom. The maximum atomic E-state index is 13.2. The topological polar surface area (TPSA) is 81.9 Å². The van der Waals surface area contributed by atoms with Gasteiger partial charge in [0.15, 0.2) is 0 Å². The molecule has 4 rings (SSSR count). The lowest BCUT2D eigenvalue weighted by Gasteiger charge is -2.20. The van der Waals surface area contributed by atoms with Gasteiger partial charge in [-0.25, -0.2) is 9.97 Å². The van der Waals surface area contributed by atoms with Gasteiger partial charge in [0.2, 0.25) is 0 Å². The number of nitrogens with zero attached hydrogens (tertiary/aromatic N) is 4. The van der Waals surface area contributed by atoms with Gasteiger partial charge in [0.1, 0.15) is 43.0 Å². The Morgan fingerprint density at radius 3 is 2.26 bits per heavy atom. The Kier molecular flexibility index (Phi) is 5.35. The zero-order valence-electron chi connectivity index (χ0n) is 18.6. The number of amides is 1. The Balaban J connectivity index is 1.70. The molecule has 11 heteroatoms. The molecule has 1 amide bonds. The molecule has 0 fully saturated rings. The van der Waals surface area contributed by atoms with Gasteiger partial charge in [-0.2, -0.15) is 0 Å². The van der Waals surface area contributed by atoms with Crippen LogP contribution in [0.5, 0.6) is 5.75 Å². The first-order chi connectivity index (χ1) is 14.8. The van der Waals surface area contributed by atoms with Gasteiger partial charge in [0.25, 0.3) is 5.91 Å². The number of pyridine rings is 2. The molecule has 7 nitrogen and oxygen atoms in total. The highest BCUT2D eigenvalue weighted by atomic mass is 16.5. The summed E-state index contributed by atoms with van der Waals surface area (Å²) < 4.78 is 7.45. The van der Waals surface area contributed by atoms with Gasteiger partial charge in [0, 0.05) is 30.4 Å². The smallest absolute Gasteiger partial charge is 0.255 e. The Labute approximate surface area is 184 Å². The number of aromatic nitrogens is 4. The van der Waals surface area contributed by atoms with Crippen molar-refractivity contribution in [3.8, 4) is 17.1 Å². The van der Waals surface area contributed by atoms with Crippen molar-refractivity contribution in [1.82, 2.24) is 19.5 Å². The summed E-state index contributed by atoms with van der Waals surface area (Å²) in [4.78, 5) is 26.2. The molecule has 4 aromatic rings. The van der Waals surface area contributed by atoms with Crippen LogP contribution in [0.1, 0.15) is 10.4 Å². The lowest BCUT2D eigenvalue weighted by Crippen LogP contribution is -2.47. The molecule has 0 saturated carbocycles. The summed E-state index contributed by atoms with van der Waals surface area (Å²) >= 11 is 0. The fraction of sp³-hybridized carbons (Fsp3) is 0.100. The molecule has 0 saturated heterocycles. The summed E-state index contributed by atoms with van der Waals surface area (Å²) in [6, 6.07) is 3.84. The lowest BCUT2D eigenvalue weighted by molar-refractivity contribution is 0.102. The van der Waals surface area contributed by atoms with Crippen LogP contribution < -0.4 is 31.9 Å². The second kappa shape index (κ2) is 7.98. The van der Waals surface area contributed by atoms with E-state index in [9.17, 15) is 4.79 Å². The Bertz CT molecular complexity index is 1310. The number of ether oxygens (including phenoxy) is 1. The van der Waals surface area contributed by atoms with Crippen molar-refractivity contribution in [3.05, 3.63) is 42.6 Å². The maximum absolute atomic E-state index is 13.2. The van der Waals surface area contributed by atoms with Crippen LogP contribution in [-0.2, 0) is 7.05 Å². The predicted molar refractivity (Wildman–Crippen MR) is 135 cm³/mol. The molecule has 0 aliphatic heterocycles. The molecule has 0 bridgehead atoms. The minimum Gasteiger partial charge on any atom is -0.498 e. The second-order valence-electron chi connectivity index (χ2n) is 7.74. The average molecular weight is 407 g/mol. The van der Waals surface area contributed by atoms with Crippen LogP contribution in [0.25, 0.3) is 22.2 Å². The third-order valence-corrected chi connectivity index (χ3v) is 5.91. The van der Waals surface area contributed by atoms with Crippen LogP contribution in [0.15, 0.2) is 37.1 Å². The molecule has 150 valence electrons. The molecule has 0 radical (unpaired) electrons. The van der Waals surface area contributed by atoms with Crippen LogP contribution in [0.3, 0.4) is 0 Å². The molecular formula is C20H21B4N5O2. The number of carbonyl (C=O) groups excluding carboxylic acids is 1. The largest absolute Gasteiger partial charge is 0.498 e. The van der Waals surface area contributed by atoms with Gasteiger partial charge in [-0.1, -0.05) is 21.9 Å². The Morgan fingerprint density at radius 2 is 1.65 bits per heavy atom. The van der Waals surface area contributed by atoms with E-state index in [4.69, 9.17) is 4.74 Å². The summed E-state index contributed by atoms with van der Waals surface area (Å²) in [6.45, 7) is 0. The summed E-state index contributed by atoms with van der Waals surface area (Å²) in [5, 5.41) is 4.79. The minimum atomic E-state index is -0.184. The number of carbonyl (C=O) groups is 1. The highest BCUT2D eigenvalue weighted by molar-refractivity contribution is 6.61. The van der Waals surface area contributed by atoms with Gasteiger partial charge in [0.05, 0.1) is 31.0 Å². The molecule has 0 aliphatic rings.